The zero-order chi connectivity index (χ0) is 26.1. The van der Waals surface area contributed by atoms with Crippen LogP contribution in [0.4, 0.5) is 30.4 Å². The van der Waals surface area contributed by atoms with Gasteiger partial charge in [-0.25, -0.2) is 13.8 Å². The van der Waals surface area contributed by atoms with Gasteiger partial charge in [-0.2, -0.15) is 4.39 Å². The van der Waals surface area contributed by atoms with Crippen LogP contribution in [-0.4, -0.2) is 54.6 Å². The van der Waals surface area contributed by atoms with Crippen molar-refractivity contribution in [2.75, 3.05) is 48.0 Å². The number of benzene rings is 1. The molecule has 0 aliphatic carbocycles. The van der Waals surface area contributed by atoms with Crippen molar-refractivity contribution in [2.45, 2.75) is 19.3 Å². The van der Waals surface area contributed by atoms with Gasteiger partial charge in [-0.1, -0.05) is 18.2 Å². The largest absolute Gasteiger partial charge is 0.378 e. The number of carbonyl (C=O) groups excluding carboxylic acids is 2. The lowest BCUT2D eigenvalue weighted by molar-refractivity contribution is -0.122. The van der Waals surface area contributed by atoms with E-state index in [0.29, 0.717) is 49.1 Å². The SMILES string of the molecule is CC1C(=O)N(CC(=O)Nc2ccc(C(F)F)cc2)c2cc(N3CCOCC3)nc(F)c2-c2cccnc21. The van der Waals surface area contributed by atoms with Crippen LogP contribution in [0.25, 0.3) is 11.1 Å². The third-order valence-electron chi connectivity index (χ3n) is 6.47. The second kappa shape index (κ2) is 10.2. The van der Waals surface area contributed by atoms with E-state index < -0.39 is 36.7 Å². The van der Waals surface area contributed by atoms with Crippen LogP contribution in [0.3, 0.4) is 0 Å². The van der Waals surface area contributed by atoms with Gasteiger partial charge < -0.3 is 19.9 Å². The minimum absolute atomic E-state index is 0.0897. The number of aromatic nitrogens is 2. The summed E-state index contributed by atoms with van der Waals surface area (Å²) in [5, 5.41) is 2.63. The fraction of sp³-hybridized carbons (Fsp3) is 0.308. The molecule has 0 spiro atoms. The number of ether oxygens (including phenoxy) is 1. The topological polar surface area (TPSA) is 87.7 Å². The molecule has 0 bridgehead atoms. The van der Waals surface area contributed by atoms with Crippen molar-refractivity contribution in [1.29, 1.82) is 0 Å². The Balaban J connectivity index is 1.53. The van der Waals surface area contributed by atoms with E-state index in [9.17, 15) is 18.4 Å². The van der Waals surface area contributed by atoms with Crippen LogP contribution >= 0.6 is 0 Å². The van der Waals surface area contributed by atoms with Crippen LogP contribution in [-0.2, 0) is 14.3 Å². The van der Waals surface area contributed by atoms with Gasteiger partial charge in [-0.05, 0) is 25.1 Å². The quantitative estimate of drug-likeness (QED) is 0.518. The molecule has 3 aromatic rings. The van der Waals surface area contributed by atoms with E-state index >= 15 is 4.39 Å². The fourth-order valence-corrected chi connectivity index (χ4v) is 4.57. The number of nitrogens with zero attached hydrogens (tertiary/aromatic N) is 4. The first-order chi connectivity index (χ1) is 17.8. The molecule has 11 heteroatoms. The molecule has 2 aliphatic heterocycles. The van der Waals surface area contributed by atoms with Gasteiger partial charge >= 0.3 is 0 Å². The molecule has 2 amide bonds. The van der Waals surface area contributed by atoms with Crippen molar-refractivity contribution in [2.24, 2.45) is 0 Å². The molecule has 192 valence electrons. The molecule has 37 heavy (non-hydrogen) atoms. The van der Waals surface area contributed by atoms with Crippen LogP contribution in [0.15, 0.2) is 48.7 Å². The summed E-state index contributed by atoms with van der Waals surface area (Å²) in [5.74, 6) is -2.20. The first-order valence-electron chi connectivity index (χ1n) is 11.8. The zero-order valence-electron chi connectivity index (χ0n) is 20.0. The summed E-state index contributed by atoms with van der Waals surface area (Å²) in [6.45, 7) is 3.15. The molecule has 2 aromatic heterocycles. The highest BCUT2D eigenvalue weighted by molar-refractivity contribution is 6.09. The minimum atomic E-state index is -2.63. The van der Waals surface area contributed by atoms with Gasteiger partial charge in [0.1, 0.15) is 12.4 Å². The Morgan fingerprint density at radius 1 is 1.19 bits per heavy atom. The number of alkyl halides is 2. The third kappa shape index (κ3) is 4.86. The molecular formula is C26H24F3N5O3. The molecule has 0 saturated carbocycles. The molecule has 0 radical (unpaired) electrons. The molecule has 5 rings (SSSR count). The van der Waals surface area contributed by atoms with Crippen LogP contribution < -0.4 is 15.1 Å². The molecule has 1 N–H and O–H groups in total. The maximum atomic E-state index is 15.7. The van der Waals surface area contributed by atoms with Crippen LogP contribution in [0.5, 0.6) is 0 Å². The van der Waals surface area contributed by atoms with Gasteiger partial charge in [0.15, 0.2) is 0 Å². The highest BCUT2D eigenvalue weighted by atomic mass is 19.3. The molecule has 4 heterocycles. The Morgan fingerprint density at radius 2 is 1.92 bits per heavy atom. The molecule has 1 atom stereocenters. The summed E-state index contributed by atoms with van der Waals surface area (Å²) in [5.41, 5.74) is 1.24. The van der Waals surface area contributed by atoms with Crippen molar-refractivity contribution >= 4 is 29.0 Å². The van der Waals surface area contributed by atoms with Crippen LogP contribution in [0, 0.1) is 5.95 Å². The van der Waals surface area contributed by atoms with E-state index in [-0.39, 0.29) is 16.8 Å². The second-order valence-corrected chi connectivity index (χ2v) is 8.82. The van der Waals surface area contributed by atoms with Gasteiger partial charge in [0, 0.05) is 42.2 Å². The summed E-state index contributed by atoms with van der Waals surface area (Å²) < 4.78 is 46.8. The number of hydrogen-bond donors (Lipinski definition) is 1. The number of hydrogen-bond acceptors (Lipinski definition) is 6. The van der Waals surface area contributed by atoms with Gasteiger partial charge in [0.2, 0.25) is 17.8 Å². The number of amides is 2. The van der Waals surface area contributed by atoms with E-state index in [4.69, 9.17) is 4.74 Å². The second-order valence-electron chi connectivity index (χ2n) is 8.82. The van der Waals surface area contributed by atoms with Crippen molar-refractivity contribution < 1.29 is 27.5 Å². The molecule has 1 fully saturated rings. The molecule has 1 unspecified atom stereocenters. The van der Waals surface area contributed by atoms with Crippen molar-refractivity contribution in [3.8, 4) is 11.1 Å². The summed E-state index contributed by atoms with van der Waals surface area (Å²) in [4.78, 5) is 38.2. The number of halogens is 3. The predicted molar refractivity (Wildman–Crippen MR) is 131 cm³/mol. The van der Waals surface area contributed by atoms with Gasteiger partial charge in [-0.15, -0.1) is 0 Å². The number of nitrogens with one attached hydrogen (secondary N) is 1. The Labute approximate surface area is 211 Å². The Hall–Kier alpha value is -3.99. The number of anilines is 3. The van der Waals surface area contributed by atoms with Crippen molar-refractivity contribution in [1.82, 2.24) is 9.97 Å². The zero-order valence-corrected chi connectivity index (χ0v) is 20.0. The fourth-order valence-electron chi connectivity index (χ4n) is 4.57. The van der Waals surface area contributed by atoms with E-state index in [1.54, 1.807) is 25.1 Å². The molecule has 1 aromatic carbocycles. The highest BCUT2D eigenvalue weighted by Crippen LogP contribution is 2.42. The first-order valence-corrected chi connectivity index (χ1v) is 11.8. The van der Waals surface area contributed by atoms with Crippen molar-refractivity contribution in [3.63, 3.8) is 0 Å². The average molecular weight is 512 g/mol. The first kappa shape index (κ1) is 24.7. The normalized spacial score (nSPS) is 17.3. The Morgan fingerprint density at radius 3 is 2.62 bits per heavy atom. The molecular weight excluding hydrogens is 487 g/mol. The molecule has 1 saturated heterocycles. The molecule has 8 nitrogen and oxygen atoms in total. The van der Waals surface area contributed by atoms with Gasteiger partial charge in [0.05, 0.1) is 36.1 Å². The van der Waals surface area contributed by atoms with E-state index in [1.165, 1.54) is 35.4 Å². The Kier molecular flexibility index (Phi) is 6.79. The van der Waals surface area contributed by atoms with E-state index in [0.717, 1.165) is 0 Å². The highest BCUT2D eigenvalue weighted by Gasteiger charge is 2.36. The smallest absolute Gasteiger partial charge is 0.263 e. The van der Waals surface area contributed by atoms with Crippen LogP contribution in [0.2, 0.25) is 0 Å². The van der Waals surface area contributed by atoms with Gasteiger partial charge in [-0.3, -0.25) is 14.6 Å². The van der Waals surface area contributed by atoms with E-state index in [2.05, 4.69) is 15.3 Å². The van der Waals surface area contributed by atoms with Crippen molar-refractivity contribution in [3.05, 3.63) is 65.9 Å². The number of carbonyl (C=O) groups is 2. The lowest BCUT2D eigenvalue weighted by atomic mass is 9.98. The number of rotatable bonds is 5. The number of morpholine rings is 1. The monoisotopic (exact) mass is 511 g/mol. The summed E-state index contributed by atoms with van der Waals surface area (Å²) in [6, 6.07) is 10.1. The number of fused-ring (bicyclic) bond motifs is 3. The predicted octanol–water partition coefficient (Wildman–Crippen LogP) is 4.15. The third-order valence-corrected chi connectivity index (χ3v) is 6.47. The lowest BCUT2D eigenvalue weighted by Gasteiger charge is -2.30. The lowest BCUT2D eigenvalue weighted by Crippen LogP contribution is -2.40. The minimum Gasteiger partial charge on any atom is -0.378 e. The van der Waals surface area contributed by atoms with E-state index in [1.807, 2.05) is 4.90 Å². The van der Waals surface area contributed by atoms with Crippen LogP contribution in [0.1, 0.15) is 30.5 Å². The standard InChI is InChI=1S/C26H24F3N5O3/c1-15-23-18(3-2-8-30-23)22-19(13-20(32-25(22)29)33-9-11-37-12-10-33)34(26(15)36)14-21(35)31-17-6-4-16(5-7-17)24(27)28/h2-8,13,15,24H,9-12,14H2,1H3,(H,31,35). The Bertz CT molecular complexity index is 1330. The molecule has 2 aliphatic rings. The summed E-state index contributed by atoms with van der Waals surface area (Å²) in [6.07, 6.45) is -1.10. The maximum absolute atomic E-state index is 15.7. The van der Waals surface area contributed by atoms with Gasteiger partial charge in [0.25, 0.3) is 6.43 Å². The average Bonchev–Trinajstić information content (AvgIpc) is 2.99. The summed E-state index contributed by atoms with van der Waals surface area (Å²) in [7, 11) is 0. The number of pyridine rings is 2. The summed E-state index contributed by atoms with van der Waals surface area (Å²) >= 11 is 0. The maximum Gasteiger partial charge on any atom is 0.263 e.